The lowest BCUT2D eigenvalue weighted by molar-refractivity contribution is -0.146. The Morgan fingerprint density at radius 3 is 1.23 bits per heavy atom. The number of fused-ring (bicyclic) bond motifs is 4. The van der Waals surface area contributed by atoms with Gasteiger partial charge >= 0.3 is 29.8 Å². The SMILES string of the molecule is COC(=O)[C@@H]1C[C@H](N)CN1CC1CCCCC1.COC(=O)[C@@H]1C[C@H](NC(=O)c2ccc3ccccc3c2N)CN1CC1CCCCC1.COC(=O)[C@@H]1C[C@H](NC(=O)c2ccc3cccnc3c2O)CN1CC1CCCCC1.Nc1c(C(=O)O)ccc2ccccc12.Nc1c(C(=O)O)ccc2cccnc12. The molecule has 14 rings (SSSR count). The first-order chi connectivity index (χ1) is 50.7. The van der Waals surface area contributed by atoms with Crippen LogP contribution >= 0.6 is 0 Å². The molecule has 558 valence electrons. The number of carboxylic acids is 2. The third-order valence-electron chi connectivity index (χ3n) is 21.4. The largest absolute Gasteiger partial charge is 0.505 e. The smallest absolute Gasteiger partial charge is 0.337 e. The topological polar surface area (TPSA) is 372 Å². The highest BCUT2D eigenvalue weighted by Crippen LogP contribution is 2.34. The van der Waals surface area contributed by atoms with Crippen molar-refractivity contribution in [1.29, 1.82) is 0 Å². The van der Waals surface area contributed by atoms with Gasteiger partial charge in [-0.05, 0) is 123 Å². The van der Waals surface area contributed by atoms with E-state index >= 15 is 0 Å². The van der Waals surface area contributed by atoms with E-state index in [1.165, 1.54) is 130 Å². The molecule has 0 unspecified atom stereocenters. The van der Waals surface area contributed by atoms with E-state index in [2.05, 4.69) is 35.3 Å². The number of benzene rings is 6. The highest BCUT2D eigenvalue weighted by molar-refractivity contribution is 6.08. The summed E-state index contributed by atoms with van der Waals surface area (Å²) >= 11 is 0. The molecule has 6 aromatic carbocycles. The highest BCUT2D eigenvalue weighted by atomic mass is 16.5. The van der Waals surface area contributed by atoms with Crippen LogP contribution in [0.3, 0.4) is 0 Å². The van der Waals surface area contributed by atoms with E-state index in [0.29, 0.717) is 65.7 Å². The number of nitrogen functional groups attached to an aromatic ring is 3. The summed E-state index contributed by atoms with van der Waals surface area (Å²) in [5.74, 6) is -1.30. The van der Waals surface area contributed by atoms with Crippen molar-refractivity contribution in [3.8, 4) is 5.75 Å². The summed E-state index contributed by atoms with van der Waals surface area (Å²) in [5.41, 5.74) is 26.6. The zero-order valence-electron chi connectivity index (χ0n) is 60.3. The van der Waals surface area contributed by atoms with Gasteiger partial charge in [-0.3, -0.25) is 48.6 Å². The first-order valence-corrected chi connectivity index (χ1v) is 36.8. The van der Waals surface area contributed by atoms with Gasteiger partial charge in [0, 0.05) is 91.3 Å². The molecular weight excluding hydrogens is 1330 g/mol. The van der Waals surface area contributed by atoms with Gasteiger partial charge in [-0.25, -0.2) is 9.59 Å². The number of hydrogen-bond acceptors (Lipinski definition) is 20. The van der Waals surface area contributed by atoms with Crippen molar-refractivity contribution in [2.75, 3.05) is 77.8 Å². The molecule has 0 spiro atoms. The number of aromatic carboxylic acids is 2. The van der Waals surface area contributed by atoms with Gasteiger partial charge in [0.1, 0.15) is 23.6 Å². The number of carbonyl (C=O) groups excluding carboxylic acids is 5. The van der Waals surface area contributed by atoms with Gasteiger partial charge in [-0.15, -0.1) is 0 Å². The van der Waals surface area contributed by atoms with Crippen LogP contribution in [0.15, 0.2) is 134 Å². The molecule has 13 N–H and O–H groups in total. The fourth-order valence-corrected chi connectivity index (χ4v) is 16.0. The Hall–Kier alpha value is -10.0. The summed E-state index contributed by atoms with van der Waals surface area (Å²) in [4.78, 5) is 98.6. The maximum absolute atomic E-state index is 13.0. The van der Waals surface area contributed by atoms with Gasteiger partial charge in [0.15, 0.2) is 5.75 Å². The van der Waals surface area contributed by atoms with Crippen molar-refractivity contribution in [2.45, 2.75) is 152 Å². The molecule has 3 saturated carbocycles. The Kier molecular flexibility index (Phi) is 27.4. The third-order valence-corrected chi connectivity index (χ3v) is 21.4. The molecule has 2 amide bonds. The second kappa shape index (κ2) is 37.1. The standard InChI is InChI=1S/C24H31N3O3.C23H29N3O4.C13H24N2O2.C11H9NO2.C10H8N2O2/c1-30-24(29)21-13-18(15-27(21)14-16-7-3-2-4-8-16)26-23(28)20-12-11-17-9-5-6-10-19(17)22(20)25;1-30-23(29)19-12-17(14-26(19)13-15-6-3-2-4-7-15)25-22(28)18-10-9-16-8-5-11-24-20(16)21(18)27;1-17-13(16)12-7-11(14)9-15(12)8-10-5-3-2-4-6-10;12-10-8-4-2-1-3-7(8)5-6-9(10)11(13)14;11-8-7(10(13)14)4-3-6-2-1-5-12-9(6)8/h5-6,9-12,16,18,21H,2-4,7-8,13-15,25H2,1H3,(H,26,28);5,8-11,15,17,19,27H,2-4,6-7,12-14H2,1H3,(H,25,28);10-12H,2-9,14H2,1H3;1-6H,12H2,(H,13,14);1-5H,11H2,(H,13,14)/t18-,21-;17-,19-;11-,12-;;/m000../s1. The quantitative estimate of drug-likeness (QED) is 0.0261. The number of pyridine rings is 2. The molecule has 3 saturated heterocycles. The molecule has 3 aliphatic carbocycles. The van der Waals surface area contributed by atoms with Gasteiger partial charge in [-0.1, -0.05) is 143 Å². The summed E-state index contributed by atoms with van der Waals surface area (Å²) in [6.07, 6.45) is 24.1. The van der Waals surface area contributed by atoms with E-state index in [-0.39, 0.29) is 94.1 Å². The Balaban J connectivity index is 0.000000147. The maximum atomic E-state index is 13.0. The first-order valence-electron chi connectivity index (χ1n) is 36.8. The molecule has 3 aliphatic heterocycles. The van der Waals surface area contributed by atoms with Gasteiger partial charge in [0.25, 0.3) is 11.8 Å². The molecular formula is C81H101N11O13. The molecule has 105 heavy (non-hydrogen) atoms. The van der Waals surface area contributed by atoms with Crippen molar-refractivity contribution < 1.29 is 63.1 Å². The van der Waals surface area contributed by atoms with E-state index in [9.17, 15) is 38.7 Å². The number of anilines is 3. The number of nitrogens with zero attached hydrogens (tertiary/aromatic N) is 5. The summed E-state index contributed by atoms with van der Waals surface area (Å²) in [5, 5.41) is 39.5. The molecule has 6 aliphatic rings. The minimum atomic E-state index is -1.03. The van der Waals surface area contributed by atoms with E-state index in [1.807, 2.05) is 66.7 Å². The molecule has 0 radical (unpaired) electrons. The lowest BCUT2D eigenvalue weighted by Gasteiger charge is -2.29. The molecule has 6 fully saturated rings. The van der Waals surface area contributed by atoms with Crippen LogP contribution in [0.5, 0.6) is 5.75 Å². The number of methoxy groups -OCH3 is 3. The van der Waals surface area contributed by atoms with Crippen LogP contribution in [0.1, 0.15) is 157 Å². The van der Waals surface area contributed by atoms with Crippen LogP contribution in [0, 0.1) is 17.8 Å². The fourth-order valence-electron chi connectivity index (χ4n) is 16.0. The number of phenols is 1. The van der Waals surface area contributed by atoms with Crippen LogP contribution < -0.4 is 33.6 Å². The number of phenolic OH excluding ortho intramolecular Hbond substituents is 1. The number of aromatic nitrogens is 2. The summed E-state index contributed by atoms with van der Waals surface area (Å²) in [7, 11) is 4.31. The number of carboxylic acid groups (broad SMARTS) is 2. The number of carbonyl (C=O) groups is 7. The second-order valence-corrected chi connectivity index (χ2v) is 28.5. The van der Waals surface area contributed by atoms with Crippen LogP contribution in [-0.2, 0) is 28.6 Å². The van der Waals surface area contributed by atoms with Gasteiger partial charge in [0.2, 0.25) is 0 Å². The maximum Gasteiger partial charge on any atom is 0.337 e. The summed E-state index contributed by atoms with van der Waals surface area (Å²) < 4.78 is 14.9. The lowest BCUT2D eigenvalue weighted by Crippen LogP contribution is -2.41. The van der Waals surface area contributed by atoms with Gasteiger partial charge < -0.3 is 63.1 Å². The number of esters is 3. The average molecular weight is 1440 g/mol. The summed E-state index contributed by atoms with van der Waals surface area (Å²) in [6.45, 7) is 4.88. The normalized spacial score (nSPS) is 20.9. The Morgan fingerprint density at radius 2 is 0.781 bits per heavy atom. The second-order valence-electron chi connectivity index (χ2n) is 28.5. The number of nitrogens with one attached hydrogen (secondary N) is 2. The molecule has 8 aromatic rings. The van der Waals surface area contributed by atoms with E-state index in [1.54, 1.807) is 54.9 Å². The zero-order chi connectivity index (χ0) is 74.7. The number of nitrogens with two attached hydrogens (primary N) is 4. The van der Waals surface area contributed by atoms with Gasteiger partial charge in [-0.2, -0.15) is 0 Å². The van der Waals surface area contributed by atoms with Crippen LogP contribution in [0.25, 0.3) is 43.4 Å². The minimum Gasteiger partial charge on any atom is -0.505 e. The number of aromatic hydroxyl groups is 1. The average Bonchev–Trinajstić information content (AvgIpc) is 1.62. The highest BCUT2D eigenvalue weighted by Gasteiger charge is 2.42. The fraction of sp³-hybridized carbons (Fsp3) is 0.444. The lowest BCUT2D eigenvalue weighted by atomic mass is 9.89. The van der Waals surface area contributed by atoms with Crippen molar-refractivity contribution in [2.24, 2.45) is 23.5 Å². The molecule has 6 atom stereocenters. The van der Waals surface area contributed by atoms with Crippen molar-refractivity contribution in [3.63, 3.8) is 0 Å². The number of likely N-dealkylation sites (tertiary alicyclic amines) is 3. The molecule has 24 nitrogen and oxygen atoms in total. The Morgan fingerprint density at radius 1 is 0.429 bits per heavy atom. The van der Waals surface area contributed by atoms with Crippen molar-refractivity contribution in [3.05, 3.63) is 156 Å². The van der Waals surface area contributed by atoms with E-state index < -0.39 is 11.9 Å². The van der Waals surface area contributed by atoms with E-state index in [4.69, 9.17) is 47.4 Å². The zero-order valence-corrected chi connectivity index (χ0v) is 60.3. The Labute approximate surface area is 612 Å². The molecule has 0 bridgehead atoms. The number of rotatable bonds is 15. The van der Waals surface area contributed by atoms with Crippen LogP contribution in [0.4, 0.5) is 17.1 Å². The number of hydrogen-bond donors (Lipinski definition) is 9. The molecule has 2 aromatic heterocycles. The molecule has 24 heteroatoms. The predicted molar refractivity (Wildman–Crippen MR) is 406 cm³/mol. The minimum absolute atomic E-state index is 0.0937. The third kappa shape index (κ3) is 19.9. The monoisotopic (exact) mass is 1440 g/mol. The summed E-state index contributed by atoms with van der Waals surface area (Å²) in [6, 6.07) is 35.1. The van der Waals surface area contributed by atoms with Crippen molar-refractivity contribution >= 4 is 102 Å². The Bertz CT molecular complexity index is 4100. The van der Waals surface area contributed by atoms with Crippen LogP contribution in [-0.4, -0.2) is 178 Å². The predicted octanol–water partition coefficient (Wildman–Crippen LogP) is 11.0. The number of amides is 2. The first kappa shape index (κ1) is 77.6. The van der Waals surface area contributed by atoms with Crippen molar-refractivity contribution in [1.82, 2.24) is 35.3 Å². The number of ether oxygens (including phenoxy) is 3. The van der Waals surface area contributed by atoms with E-state index in [0.717, 1.165) is 70.8 Å². The molecule has 5 heterocycles. The van der Waals surface area contributed by atoms with Crippen LogP contribution in [0.2, 0.25) is 0 Å². The van der Waals surface area contributed by atoms with Gasteiger partial charge in [0.05, 0.1) is 66.2 Å².